The van der Waals surface area contributed by atoms with Crippen LogP contribution in [0.15, 0.2) is 35.1 Å². The Balaban J connectivity index is 1.65. The van der Waals surface area contributed by atoms with Crippen molar-refractivity contribution in [3.63, 3.8) is 0 Å². The molecule has 0 bridgehead atoms. The molecule has 1 aromatic carbocycles. The number of hydrogen-bond acceptors (Lipinski definition) is 4. The molecule has 0 amide bonds. The molecule has 1 aromatic heterocycles. The van der Waals surface area contributed by atoms with Gasteiger partial charge in [0, 0.05) is 18.7 Å². The van der Waals surface area contributed by atoms with Crippen molar-refractivity contribution < 1.29 is 13.9 Å². The molecule has 1 N–H and O–H groups in total. The van der Waals surface area contributed by atoms with Crippen LogP contribution in [0.5, 0.6) is 11.5 Å². The van der Waals surface area contributed by atoms with Crippen molar-refractivity contribution in [1.29, 1.82) is 0 Å². The first-order valence-corrected chi connectivity index (χ1v) is 6.00. The Bertz CT molecular complexity index is 539. The fourth-order valence-electron chi connectivity index (χ4n) is 1.87. The second kappa shape index (κ2) is 4.92. The van der Waals surface area contributed by atoms with Gasteiger partial charge < -0.3 is 19.2 Å². The van der Waals surface area contributed by atoms with Crippen LogP contribution in [0, 0.1) is 0 Å². The van der Waals surface area contributed by atoms with E-state index in [1.807, 2.05) is 18.2 Å². The molecule has 3 rings (SSSR count). The maximum Gasteiger partial charge on any atom is 0.231 e. The topological polar surface area (TPSA) is 43.6 Å². The molecular weight excluding hydrogens is 254 g/mol. The van der Waals surface area contributed by atoms with E-state index in [1.165, 1.54) is 0 Å². The molecule has 0 spiro atoms. The van der Waals surface area contributed by atoms with Crippen LogP contribution >= 0.6 is 11.6 Å². The van der Waals surface area contributed by atoms with Crippen molar-refractivity contribution in [3.8, 4) is 11.5 Å². The molecule has 1 aliphatic heterocycles. The zero-order chi connectivity index (χ0) is 12.4. The van der Waals surface area contributed by atoms with Crippen LogP contribution in [0.1, 0.15) is 11.1 Å². The second-order valence-electron chi connectivity index (χ2n) is 4.05. The van der Waals surface area contributed by atoms with Gasteiger partial charge in [0.25, 0.3) is 0 Å². The van der Waals surface area contributed by atoms with Crippen LogP contribution in [-0.4, -0.2) is 6.79 Å². The molecule has 0 radical (unpaired) electrons. The third-order valence-electron chi connectivity index (χ3n) is 2.73. The number of rotatable bonds is 4. The van der Waals surface area contributed by atoms with E-state index in [1.54, 1.807) is 12.5 Å². The molecule has 5 heteroatoms. The van der Waals surface area contributed by atoms with Crippen LogP contribution in [0.4, 0.5) is 0 Å². The highest BCUT2D eigenvalue weighted by Gasteiger charge is 2.17. The summed E-state index contributed by atoms with van der Waals surface area (Å²) in [6, 6.07) is 5.76. The highest BCUT2D eigenvalue weighted by molar-refractivity contribution is 6.32. The Hall–Kier alpha value is -1.65. The third-order valence-corrected chi connectivity index (χ3v) is 3.01. The van der Waals surface area contributed by atoms with Crippen LogP contribution in [0.2, 0.25) is 5.02 Å². The lowest BCUT2D eigenvalue weighted by molar-refractivity contribution is 0.174. The summed E-state index contributed by atoms with van der Waals surface area (Å²) in [5, 5.41) is 3.90. The number of benzene rings is 1. The lowest BCUT2D eigenvalue weighted by atomic mass is 10.2. The number of ether oxygens (including phenoxy) is 2. The summed E-state index contributed by atoms with van der Waals surface area (Å²) < 4.78 is 15.6. The first-order valence-electron chi connectivity index (χ1n) is 5.63. The number of furan rings is 1. The number of fused-ring (bicyclic) bond motifs is 1. The van der Waals surface area contributed by atoms with Gasteiger partial charge in [-0.15, -0.1) is 0 Å². The Morgan fingerprint density at radius 2 is 2.06 bits per heavy atom. The van der Waals surface area contributed by atoms with Crippen LogP contribution in [-0.2, 0) is 13.1 Å². The lowest BCUT2D eigenvalue weighted by Crippen LogP contribution is -2.12. The van der Waals surface area contributed by atoms with E-state index in [0.29, 0.717) is 23.1 Å². The van der Waals surface area contributed by atoms with Crippen LogP contribution in [0.3, 0.4) is 0 Å². The predicted molar refractivity (Wildman–Crippen MR) is 66.8 cm³/mol. The van der Waals surface area contributed by atoms with Crippen LogP contribution < -0.4 is 14.8 Å². The van der Waals surface area contributed by atoms with Crippen molar-refractivity contribution >= 4 is 11.6 Å². The van der Waals surface area contributed by atoms with Gasteiger partial charge in [0.15, 0.2) is 11.5 Å². The minimum atomic E-state index is 0.237. The fourth-order valence-corrected chi connectivity index (χ4v) is 2.16. The molecule has 2 aromatic rings. The summed E-state index contributed by atoms with van der Waals surface area (Å²) in [6.07, 6.45) is 3.38. The minimum absolute atomic E-state index is 0.237. The second-order valence-corrected chi connectivity index (χ2v) is 4.45. The first-order chi connectivity index (χ1) is 8.83. The average Bonchev–Trinajstić information content (AvgIpc) is 2.99. The molecule has 2 heterocycles. The minimum Gasteiger partial charge on any atom is -0.472 e. The number of halogens is 1. The van der Waals surface area contributed by atoms with Gasteiger partial charge in [-0.2, -0.15) is 0 Å². The smallest absolute Gasteiger partial charge is 0.231 e. The Kier molecular flexibility index (Phi) is 3.13. The fraction of sp³-hybridized carbons (Fsp3) is 0.231. The monoisotopic (exact) mass is 265 g/mol. The molecule has 1 aliphatic rings. The van der Waals surface area contributed by atoms with Crippen molar-refractivity contribution in [2.45, 2.75) is 13.1 Å². The van der Waals surface area contributed by atoms with E-state index in [2.05, 4.69) is 5.32 Å². The Morgan fingerprint density at radius 3 is 2.89 bits per heavy atom. The number of nitrogens with one attached hydrogen (secondary N) is 1. The molecule has 18 heavy (non-hydrogen) atoms. The van der Waals surface area contributed by atoms with Crippen molar-refractivity contribution in [2.24, 2.45) is 0 Å². The summed E-state index contributed by atoms with van der Waals surface area (Å²) in [5.41, 5.74) is 2.18. The molecule has 4 nitrogen and oxygen atoms in total. The molecular formula is C13H12ClNO3. The third kappa shape index (κ3) is 2.30. The maximum atomic E-state index is 6.11. The Morgan fingerprint density at radius 1 is 1.17 bits per heavy atom. The molecule has 0 fully saturated rings. The SMILES string of the molecule is Clc1cc(CNCc2ccoc2)cc2c1OCO2. The summed E-state index contributed by atoms with van der Waals surface area (Å²) in [4.78, 5) is 0. The standard InChI is InChI=1S/C13H12ClNO3/c14-11-3-10(4-12-13(11)18-8-17-12)6-15-5-9-1-2-16-7-9/h1-4,7,15H,5-6,8H2. The summed E-state index contributed by atoms with van der Waals surface area (Å²) >= 11 is 6.11. The molecule has 0 unspecified atom stereocenters. The van der Waals surface area contributed by atoms with Gasteiger partial charge in [0.05, 0.1) is 17.5 Å². The lowest BCUT2D eigenvalue weighted by Gasteiger charge is -2.06. The van der Waals surface area contributed by atoms with Gasteiger partial charge in [-0.3, -0.25) is 0 Å². The van der Waals surface area contributed by atoms with E-state index >= 15 is 0 Å². The van der Waals surface area contributed by atoms with E-state index in [4.69, 9.17) is 25.5 Å². The Labute approximate surface area is 109 Å². The highest BCUT2D eigenvalue weighted by atomic mass is 35.5. The summed E-state index contributed by atoms with van der Waals surface area (Å²) in [7, 11) is 0. The summed E-state index contributed by atoms with van der Waals surface area (Å²) in [5.74, 6) is 1.35. The van der Waals surface area contributed by atoms with E-state index < -0.39 is 0 Å². The van der Waals surface area contributed by atoms with Crippen molar-refractivity contribution in [1.82, 2.24) is 5.32 Å². The molecule has 0 atom stereocenters. The maximum absolute atomic E-state index is 6.11. The van der Waals surface area contributed by atoms with Crippen molar-refractivity contribution in [3.05, 3.63) is 46.9 Å². The zero-order valence-corrected chi connectivity index (χ0v) is 10.4. The molecule has 0 saturated heterocycles. The first kappa shape index (κ1) is 11.4. The van der Waals surface area contributed by atoms with E-state index in [9.17, 15) is 0 Å². The van der Waals surface area contributed by atoms with Gasteiger partial charge in [0.1, 0.15) is 0 Å². The normalized spacial score (nSPS) is 12.9. The average molecular weight is 266 g/mol. The molecule has 94 valence electrons. The van der Waals surface area contributed by atoms with E-state index in [-0.39, 0.29) is 6.79 Å². The van der Waals surface area contributed by atoms with E-state index in [0.717, 1.165) is 17.7 Å². The predicted octanol–water partition coefficient (Wildman–Crippen LogP) is 2.95. The molecule has 0 saturated carbocycles. The zero-order valence-electron chi connectivity index (χ0n) is 9.61. The van der Waals surface area contributed by atoms with Gasteiger partial charge in [-0.1, -0.05) is 11.6 Å². The molecule has 0 aliphatic carbocycles. The van der Waals surface area contributed by atoms with Gasteiger partial charge in [0.2, 0.25) is 6.79 Å². The van der Waals surface area contributed by atoms with Gasteiger partial charge in [-0.25, -0.2) is 0 Å². The summed E-state index contributed by atoms with van der Waals surface area (Å²) in [6.45, 7) is 1.70. The largest absolute Gasteiger partial charge is 0.472 e. The quantitative estimate of drug-likeness (QED) is 0.923. The van der Waals surface area contributed by atoms with Crippen molar-refractivity contribution in [2.75, 3.05) is 6.79 Å². The highest BCUT2D eigenvalue weighted by Crippen LogP contribution is 2.39. The number of hydrogen-bond donors (Lipinski definition) is 1. The van der Waals surface area contributed by atoms with Gasteiger partial charge >= 0.3 is 0 Å². The van der Waals surface area contributed by atoms with Gasteiger partial charge in [-0.05, 0) is 23.8 Å². The van der Waals surface area contributed by atoms with Crippen LogP contribution in [0.25, 0.3) is 0 Å².